The summed E-state index contributed by atoms with van der Waals surface area (Å²) in [6, 6.07) is 0. The number of unbranched alkanes of at least 4 members (excludes halogenated alkanes) is 26. The van der Waals surface area contributed by atoms with Crippen LogP contribution in [0.2, 0.25) is 0 Å². The fourth-order valence-corrected chi connectivity index (χ4v) is 7.71. The summed E-state index contributed by atoms with van der Waals surface area (Å²) in [4.78, 5) is 25.5. The first kappa shape index (κ1) is 63.1. The minimum Gasteiger partial charge on any atom is -0.462 e. The van der Waals surface area contributed by atoms with Crippen molar-refractivity contribution in [2.45, 2.75) is 271 Å². The summed E-state index contributed by atoms with van der Waals surface area (Å²) < 4.78 is 17.4. The van der Waals surface area contributed by atoms with Crippen LogP contribution in [0.5, 0.6) is 0 Å². The fourth-order valence-electron chi connectivity index (χ4n) is 7.71. The van der Waals surface area contributed by atoms with Crippen molar-refractivity contribution >= 4 is 11.9 Å². The first-order chi connectivity index (χ1) is 32.6. The number of rotatable bonds is 51. The number of ether oxygens (including phenoxy) is 3. The fraction of sp³-hybridized carbons (Fsp3) is 0.738. The van der Waals surface area contributed by atoms with Crippen LogP contribution in [0.1, 0.15) is 265 Å². The molecule has 0 amide bonds. The molecule has 0 saturated heterocycles. The molecule has 0 N–H and O–H groups in total. The third-order valence-electron chi connectivity index (χ3n) is 11.9. The molecule has 0 heterocycles. The van der Waals surface area contributed by atoms with Crippen LogP contribution in [0.4, 0.5) is 0 Å². The highest BCUT2D eigenvalue weighted by molar-refractivity contribution is 5.70. The third-order valence-corrected chi connectivity index (χ3v) is 11.9. The molecular formula is C61H106O5. The highest BCUT2D eigenvalue weighted by atomic mass is 16.6. The monoisotopic (exact) mass is 919 g/mol. The van der Waals surface area contributed by atoms with E-state index in [1.54, 1.807) is 0 Å². The summed E-state index contributed by atoms with van der Waals surface area (Å²) in [5.41, 5.74) is 0. The van der Waals surface area contributed by atoms with Crippen LogP contribution in [0, 0.1) is 0 Å². The normalized spacial score (nSPS) is 12.8. The summed E-state index contributed by atoms with van der Waals surface area (Å²) in [5.74, 6) is -0.415. The molecule has 380 valence electrons. The first-order valence-electron chi connectivity index (χ1n) is 28.1. The SMILES string of the molecule is CC/C=C\C/C=C\C/C=C\CCCCCCCCCC(=O)OC(COCCCCCCCC/C=C\C/C=C\CCC)COC(=O)CCCCCCCCCCC/C=C\C/C=C\CCCCC. The van der Waals surface area contributed by atoms with Gasteiger partial charge in [0.05, 0.1) is 6.61 Å². The van der Waals surface area contributed by atoms with Crippen molar-refractivity contribution < 1.29 is 23.8 Å². The molecule has 5 nitrogen and oxygen atoms in total. The molecule has 0 aliphatic rings. The zero-order chi connectivity index (χ0) is 47.7. The maximum atomic E-state index is 12.8. The second-order valence-electron chi connectivity index (χ2n) is 18.4. The lowest BCUT2D eigenvalue weighted by Crippen LogP contribution is -2.30. The molecule has 0 aliphatic heterocycles. The van der Waals surface area contributed by atoms with Crippen LogP contribution >= 0.6 is 0 Å². The number of hydrogen-bond donors (Lipinski definition) is 0. The molecule has 0 bridgehead atoms. The lowest BCUT2D eigenvalue weighted by molar-refractivity contribution is -0.163. The van der Waals surface area contributed by atoms with Gasteiger partial charge in [-0.05, 0) is 109 Å². The maximum absolute atomic E-state index is 12.8. The molecule has 1 atom stereocenters. The van der Waals surface area contributed by atoms with Crippen molar-refractivity contribution in [2.75, 3.05) is 19.8 Å². The molecule has 0 fully saturated rings. The van der Waals surface area contributed by atoms with Gasteiger partial charge < -0.3 is 14.2 Å². The predicted molar refractivity (Wildman–Crippen MR) is 288 cm³/mol. The Balaban J connectivity index is 4.29. The van der Waals surface area contributed by atoms with Gasteiger partial charge in [0.2, 0.25) is 0 Å². The van der Waals surface area contributed by atoms with Crippen molar-refractivity contribution in [3.05, 3.63) is 85.1 Å². The Hall–Kier alpha value is -2.92. The second-order valence-corrected chi connectivity index (χ2v) is 18.4. The third kappa shape index (κ3) is 53.7. The molecule has 0 aromatic carbocycles. The molecule has 0 saturated carbocycles. The molecule has 0 aliphatic carbocycles. The van der Waals surface area contributed by atoms with Gasteiger partial charge in [-0.15, -0.1) is 0 Å². The molecule has 0 rings (SSSR count). The summed E-state index contributed by atoms with van der Waals surface area (Å²) in [6.07, 6.45) is 74.5. The van der Waals surface area contributed by atoms with Gasteiger partial charge in [0, 0.05) is 19.4 Å². The number of carbonyl (C=O) groups excluding carboxylic acids is 2. The predicted octanol–water partition coefficient (Wildman–Crippen LogP) is 19.2. The Labute approximate surface area is 409 Å². The van der Waals surface area contributed by atoms with E-state index in [1.165, 1.54) is 148 Å². The molecule has 0 spiro atoms. The van der Waals surface area contributed by atoms with E-state index in [0.29, 0.717) is 19.4 Å². The summed E-state index contributed by atoms with van der Waals surface area (Å²) in [7, 11) is 0. The summed E-state index contributed by atoms with van der Waals surface area (Å²) in [5, 5.41) is 0. The summed E-state index contributed by atoms with van der Waals surface area (Å²) >= 11 is 0. The van der Waals surface area contributed by atoms with E-state index in [2.05, 4.69) is 106 Å². The van der Waals surface area contributed by atoms with Gasteiger partial charge in [0.1, 0.15) is 6.61 Å². The lowest BCUT2D eigenvalue weighted by atomic mass is 10.1. The molecule has 0 radical (unpaired) electrons. The van der Waals surface area contributed by atoms with Crippen LogP contribution in [-0.4, -0.2) is 37.9 Å². The smallest absolute Gasteiger partial charge is 0.306 e. The standard InChI is InChI=1S/C61H106O5/c1-4-7-10-13-16-19-22-25-28-30-31-33-34-36-39-42-45-48-51-54-60(62)65-58-59(57-64-56-53-50-47-44-41-38-27-24-21-18-15-12-9-6-3)66-61(63)55-52-49-46-43-40-37-35-32-29-26-23-20-17-14-11-8-5-2/h8,11-12,15-17,19-21,24-26,28-29,59H,4-7,9-10,13-14,18,22-23,27,30-58H2,1-3H3/b11-8-,15-12-,19-16-,20-17-,24-21-,28-25-,29-26-. The van der Waals surface area contributed by atoms with E-state index in [0.717, 1.165) is 83.5 Å². The molecule has 0 aromatic rings. The van der Waals surface area contributed by atoms with E-state index in [1.807, 2.05) is 0 Å². The highest BCUT2D eigenvalue weighted by Gasteiger charge is 2.17. The Bertz CT molecular complexity index is 1220. The maximum Gasteiger partial charge on any atom is 0.306 e. The Morgan fingerprint density at radius 1 is 0.348 bits per heavy atom. The molecule has 66 heavy (non-hydrogen) atoms. The molecule has 1 unspecified atom stereocenters. The van der Waals surface area contributed by atoms with Crippen molar-refractivity contribution in [1.82, 2.24) is 0 Å². The van der Waals surface area contributed by atoms with Gasteiger partial charge in [0.15, 0.2) is 6.10 Å². The summed E-state index contributed by atoms with van der Waals surface area (Å²) in [6.45, 7) is 7.61. The number of esters is 2. The van der Waals surface area contributed by atoms with Gasteiger partial charge in [-0.1, -0.05) is 228 Å². The van der Waals surface area contributed by atoms with E-state index < -0.39 is 6.10 Å². The van der Waals surface area contributed by atoms with Gasteiger partial charge in [-0.3, -0.25) is 9.59 Å². The van der Waals surface area contributed by atoms with E-state index >= 15 is 0 Å². The number of hydrogen-bond acceptors (Lipinski definition) is 5. The average Bonchev–Trinajstić information content (AvgIpc) is 3.32. The minimum atomic E-state index is -0.553. The Morgan fingerprint density at radius 2 is 0.712 bits per heavy atom. The van der Waals surface area contributed by atoms with Crippen LogP contribution in [0.25, 0.3) is 0 Å². The largest absolute Gasteiger partial charge is 0.462 e. The van der Waals surface area contributed by atoms with Crippen LogP contribution < -0.4 is 0 Å². The highest BCUT2D eigenvalue weighted by Crippen LogP contribution is 2.15. The van der Waals surface area contributed by atoms with E-state index in [4.69, 9.17) is 14.2 Å². The van der Waals surface area contributed by atoms with E-state index in [-0.39, 0.29) is 25.2 Å². The van der Waals surface area contributed by atoms with Gasteiger partial charge >= 0.3 is 11.9 Å². The lowest BCUT2D eigenvalue weighted by Gasteiger charge is -2.18. The van der Waals surface area contributed by atoms with Gasteiger partial charge in [-0.2, -0.15) is 0 Å². The number of carbonyl (C=O) groups is 2. The zero-order valence-corrected chi connectivity index (χ0v) is 43.7. The van der Waals surface area contributed by atoms with Crippen LogP contribution in [0.15, 0.2) is 85.1 Å². The van der Waals surface area contributed by atoms with Crippen molar-refractivity contribution in [1.29, 1.82) is 0 Å². The van der Waals surface area contributed by atoms with Crippen molar-refractivity contribution in [2.24, 2.45) is 0 Å². The topological polar surface area (TPSA) is 61.8 Å². The van der Waals surface area contributed by atoms with Crippen LogP contribution in [-0.2, 0) is 23.8 Å². The number of allylic oxidation sites excluding steroid dienone is 14. The first-order valence-corrected chi connectivity index (χ1v) is 28.1. The molecule has 5 heteroatoms. The Kier molecular flexibility index (Phi) is 53.9. The molecule has 0 aromatic heterocycles. The second kappa shape index (κ2) is 56.4. The zero-order valence-electron chi connectivity index (χ0n) is 43.7. The van der Waals surface area contributed by atoms with Gasteiger partial charge in [0.25, 0.3) is 0 Å². The average molecular weight is 920 g/mol. The van der Waals surface area contributed by atoms with E-state index in [9.17, 15) is 9.59 Å². The van der Waals surface area contributed by atoms with Crippen molar-refractivity contribution in [3.8, 4) is 0 Å². The minimum absolute atomic E-state index is 0.0720. The van der Waals surface area contributed by atoms with Crippen LogP contribution in [0.3, 0.4) is 0 Å². The molecular weight excluding hydrogens is 813 g/mol. The Morgan fingerprint density at radius 3 is 1.15 bits per heavy atom. The quantitative estimate of drug-likeness (QED) is 0.0346. The van der Waals surface area contributed by atoms with Gasteiger partial charge in [-0.25, -0.2) is 0 Å². The van der Waals surface area contributed by atoms with Crippen molar-refractivity contribution in [3.63, 3.8) is 0 Å².